The zero-order valence-corrected chi connectivity index (χ0v) is 12.6. The van der Waals surface area contributed by atoms with Crippen LogP contribution in [0.1, 0.15) is 32.8 Å². The number of likely N-dealkylation sites (N-methyl/N-ethyl adjacent to an activating group) is 1. The van der Waals surface area contributed by atoms with Gasteiger partial charge in [-0.25, -0.2) is 0 Å². The van der Waals surface area contributed by atoms with Crippen LogP contribution in [-0.4, -0.2) is 30.9 Å². The molecule has 1 N–H and O–H groups in total. The van der Waals surface area contributed by atoms with E-state index >= 15 is 0 Å². The molecule has 0 aromatic heterocycles. The average molecular weight is 262 g/mol. The van der Waals surface area contributed by atoms with E-state index in [1.165, 1.54) is 5.56 Å². The van der Waals surface area contributed by atoms with E-state index < -0.39 is 0 Å². The normalized spacial score (nSPS) is 11.1. The highest BCUT2D eigenvalue weighted by molar-refractivity contribution is 5.92. The molecule has 1 amide bonds. The van der Waals surface area contributed by atoms with Crippen LogP contribution in [0, 0.1) is 5.92 Å². The van der Waals surface area contributed by atoms with Gasteiger partial charge in [-0.05, 0) is 50.0 Å². The monoisotopic (exact) mass is 262 g/mol. The van der Waals surface area contributed by atoms with Gasteiger partial charge in [0.1, 0.15) is 0 Å². The van der Waals surface area contributed by atoms with Gasteiger partial charge in [0.15, 0.2) is 0 Å². The molecule has 0 radical (unpaired) electrons. The second-order valence-corrected chi connectivity index (χ2v) is 5.52. The third-order valence-corrected chi connectivity index (χ3v) is 3.15. The Kier molecular flexibility index (Phi) is 6.57. The van der Waals surface area contributed by atoms with Crippen LogP contribution in [-0.2, 0) is 11.2 Å². The van der Waals surface area contributed by atoms with Gasteiger partial charge in [0.05, 0.1) is 6.54 Å². The van der Waals surface area contributed by atoms with Crippen LogP contribution in [0.3, 0.4) is 0 Å². The molecule has 1 aromatic carbocycles. The Morgan fingerprint density at radius 1 is 1.26 bits per heavy atom. The third-order valence-electron chi connectivity index (χ3n) is 3.15. The molecule has 1 aromatic rings. The highest BCUT2D eigenvalue weighted by Crippen LogP contribution is 2.10. The van der Waals surface area contributed by atoms with Crippen molar-refractivity contribution in [3.8, 4) is 0 Å². The summed E-state index contributed by atoms with van der Waals surface area (Å²) in [5.41, 5.74) is 2.16. The Labute approximate surface area is 117 Å². The van der Waals surface area contributed by atoms with Crippen molar-refractivity contribution in [1.82, 2.24) is 4.90 Å². The van der Waals surface area contributed by atoms with Gasteiger partial charge in [-0.2, -0.15) is 0 Å². The number of hydrogen-bond donors (Lipinski definition) is 1. The molecular formula is C16H26N2O. The number of anilines is 1. The lowest BCUT2D eigenvalue weighted by Crippen LogP contribution is -2.31. The molecule has 0 aliphatic heterocycles. The lowest BCUT2D eigenvalue weighted by atomic mass is 10.1. The van der Waals surface area contributed by atoms with Crippen molar-refractivity contribution in [3.63, 3.8) is 0 Å². The highest BCUT2D eigenvalue weighted by atomic mass is 16.2. The Morgan fingerprint density at radius 3 is 2.42 bits per heavy atom. The fraction of sp³-hybridized carbons (Fsp3) is 0.562. The molecule has 1 rings (SSSR count). The SMILES string of the molecule is CCc1ccc(NC(=O)CN(C)CCC(C)C)cc1. The predicted octanol–water partition coefficient (Wildman–Crippen LogP) is 3.17. The minimum atomic E-state index is 0.0514. The Balaban J connectivity index is 2.37. The van der Waals surface area contributed by atoms with E-state index in [2.05, 4.69) is 43.1 Å². The Bertz CT molecular complexity index is 384. The van der Waals surface area contributed by atoms with E-state index in [9.17, 15) is 4.79 Å². The fourth-order valence-electron chi connectivity index (χ4n) is 1.83. The molecule has 0 saturated carbocycles. The van der Waals surface area contributed by atoms with Crippen LogP contribution in [0.4, 0.5) is 5.69 Å². The molecule has 0 heterocycles. The Hall–Kier alpha value is -1.35. The second-order valence-electron chi connectivity index (χ2n) is 5.52. The van der Waals surface area contributed by atoms with E-state index in [0.717, 1.165) is 25.1 Å². The zero-order chi connectivity index (χ0) is 14.3. The molecule has 0 saturated heterocycles. The number of aryl methyl sites for hydroxylation is 1. The molecule has 106 valence electrons. The number of nitrogens with one attached hydrogen (secondary N) is 1. The van der Waals surface area contributed by atoms with Crippen LogP contribution < -0.4 is 5.32 Å². The maximum absolute atomic E-state index is 11.9. The minimum absolute atomic E-state index is 0.0514. The summed E-state index contributed by atoms with van der Waals surface area (Å²) in [5, 5.41) is 2.93. The first-order chi connectivity index (χ1) is 9.01. The summed E-state index contributed by atoms with van der Waals surface area (Å²) < 4.78 is 0. The van der Waals surface area contributed by atoms with Crippen LogP contribution in [0.15, 0.2) is 24.3 Å². The van der Waals surface area contributed by atoms with Crippen molar-refractivity contribution in [2.75, 3.05) is 25.5 Å². The summed E-state index contributed by atoms with van der Waals surface area (Å²) in [6.07, 6.45) is 2.14. The highest BCUT2D eigenvalue weighted by Gasteiger charge is 2.07. The zero-order valence-electron chi connectivity index (χ0n) is 12.6. The number of carbonyl (C=O) groups excluding carboxylic acids is 1. The van der Waals surface area contributed by atoms with E-state index in [4.69, 9.17) is 0 Å². The van der Waals surface area contributed by atoms with E-state index in [1.807, 2.05) is 19.2 Å². The van der Waals surface area contributed by atoms with E-state index in [-0.39, 0.29) is 5.91 Å². The van der Waals surface area contributed by atoms with Crippen LogP contribution in [0.5, 0.6) is 0 Å². The quantitative estimate of drug-likeness (QED) is 0.818. The molecule has 0 atom stereocenters. The minimum Gasteiger partial charge on any atom is -0.325 e. The van der Waals surface area contributed by atoms with Crippen molar-refractivity contribution >= 4 is 11.6 Å². The largest absolute Gasteiger partial charge is 0.325 e. The molecular weight excluding hydrogens is 236 g/mol. The van der Waals surface area contributed by atoms with Gasteiger partial charge in [0.2, 0.25) is 5.91 Å². The standard InChI is InChI=1S/C16H26N2O/c1-5-14-6-8-15(9-7-14)17-16(19)12-18(4)11-10-13(2)3/h6-9,13H,5,10-12H2,1-4H3,(H,17,19). The number of nitrogens with zero attached hydrogens (tertiary/aromatic N) is 1. The third kappa shape index (κ3) is 6.39. The molecule has 0 bridgehead atoms. The first-order valence-corrected chi connectivity index (χ1v) is 7.08. The molecule has 19 heavy (non-hydrogen) atoms. The number of rotatable bonds is 7. The Morgan fingerprint density at radius 2 is 1.89 bits per heavy atom. The second kappa shape index (κ2) is 7.95. The van der Waals surface area contributed by atoms with Gasteiger partial charge in [0, 0.05) is 5.69 Å². The topological polar surface area (TPSA) is 32.3 Å². The van der Waals surface area contributed by atoms with Crippen molar-refractivity contribution in [1.29, 1.82) is 0 Å². The number of hydrogen-bond acceptors (Lipinski definition) is 2. The van der Waals surface area contributed by atoms with Crippen LogP contribution >= 0.6 is 0 Å². The summed E-state index contributed by atoms with van der Waals surface area (Å²) in [4.78, 5) is 13.9. The first kappa shape index (κ1) is 15.7. The van der Waals surface area contributed by atoms with Crippen LogP contribution in [0.25, 0.3) is 0 Å². The lowest BCUT2D eigenvalue weighted by molar-refractivity contribution is -0.117. The van der Waals surface area contributed by atoms with Gasteiger partial charge in [-0.3, -0.25) is 9.69 Å². The number of carbonyl (C=O) groups is 1. The molecule has 3 nitrogen and oxygen atoms in total. The lowest BCUT2D eigenvalue weighted by Gasteiger charge is -2.17. The van der Waals surface area contributed by atoms with Crippen molar-refractivity contribution < 1.29 is 4.79 Å². The molecule has 0 spiro atoms. The number of amides is 1. The summed E-state index contributed by atoms with van der Waals surface area (Å²) in [6, 6.07) is 8.03. The van der Waals surface area contributed by atoms with Crippen molar-refractivity contribution in [2.45, 2.75) is 33.6 Å². The predicted molar refractivity (Wildman–Crippen MR) is 81.4 cm³/mol. The molecule has 0 fully saturated rings. The number of benzene rings is 1. The maximum Gasteiger partial charge on any atom is 0.238 e. The summed E-state index contributed by atoms with van der Waals surface area (Å²) in [6.45, 7) is 7.92. The molecule has 0 aliphatic rings. The smallest absolute Gasteiger partial charge is 0.238 e. The average Bonchev–Trinajstić information content (AvgIpc) is 2.37. The van der Waals surface area contributed by atoms with Gasteiger partial charge < -0.3 is 5.32 Å². The van der Waals surface area contributed by atoms with E-state index in [1.54, 1.807) is 0 Å². The van der Waals surface area contributed by atoms with Gasteiger partial charge in [-0.15, -0.1) is 0 Å². The van der Waals surface area contributed by atoms with Crippen molar-refractivity contribution in [3.05, 3.63) is 29.8 Å². The fourth-order valence-corrected chi connectivity index (χ4v) is 1.83. The molecule has 0 aliphatic carbocycles. The summed E-state index contributed by atoms with van der Waals surface area (Å²) in [7, 11) is 1.99. The summed E-state index contributed by atoms with van der Waals surface area (Å²) in [5.74, 6) is 0.725. The van der Waals surface area contributed by atoms with Gasteiger partial charge in [0.25, 0.3) is 0 Å². The molecule has 0 unspecified atom stereocenters. The maximum atomic E-state index is 11.9. The first-order valence-electron chi connectivity index (χ1n) is 7.08. The van der Waals surface area contributed by atoms with Gasteiger partial charge >= 0.3 is 0 Å². The van der Waals surface area contributed by atoms with E-state index in [0.29, 0.717) is 12.5 Å². The van der Waals surface area contributed by atoms with Gasteiger partial charge in [-0.1, -0.05) is 32.9 Å². The van der Waals surface area contributed by atoms with Crippen LogP contribution in [0.2, 0.25) is 0 Å². The van der Waals surface area contributed by atoms with Crippen molar-refractivity contribution in [2.24, 2.45) is 5.92 Å². The molecule has 3 heteroatoms. The summed E-state index contributed by atoms with van der Waals surface area (Å²) >= 11 is 0.